The Kier molecular flexibility index (Phi) is 7.16. The van der Waals surface area contributed by atoms with Gasteiger partial charge in [0.2, 0.25) is 18.0 Å². The second kappa shape index (κ2) is 10.4. The van der Waals surface area contributed by atoms with Gasteiger partial charge in [-0.2, -0.15) is 5.10 Å². The topological polar surface area (TPSA) is 90.7 Å². The van der Waals surface area contributed by atoms with Crippen LogP contribution in [0.3, 0.4) is 0 Å². The molecule has 0 N–H and O–H groups in total. The minimum atomic E-state index is -1.11. The molecule has 1 amide bonds. The van der Waals surface area contributed by atoms with Crippen LogP contribution in [0.5, 0.6) is 5.75 Å². The molecule has 3 aromatic rings. The van der Waals surface area contributed by atoms with E-state index in [-0.39, 0.29) is 17.0 Å². The molecule has 3 heterocycles. The molecule has 1 aromatic heterocycles. The van der Waals surface area contributed by atoms with Gasteiger partial charge in [0, 0.05) is 18.0 Å². The number of hydrogen-bond acceptors (Lipinski definition) is 6. The second-order valence-electron chi connectivity index (χ2n) is 10.9. The normalized spacial score (nSPS) is 19.1. The molecule has 2 aliphatic heterocycles. The number of benzene rings is 2. The smallest absolute Gasteiger partial charge is 0.314 e. The quantitative estimate of drug-likeness (QED) is 0.327. The van der Waals surface area contributed by atoms with Crippen molar-refractivity contribution in [2.24, 2.45) is 5.41 Å². The molecular weight excluding hydrogens is 527 g/mol. The predicted octanol–water partition coefficient (Wildman–Crippen LogP) is 4.58. The molecule has 0 aliphatic carbocycles. The Morgan fingerprint density at radius 2 is 1.88 bits per heavy atom. The predicted molar refractivity (Wildman–Crippen MR) is 137 cm³/mol. The van der Waals surface area contributed by atoms with Gasteiger partial charge in [0.25, 0.3) is 5.91 Å². The van der Waals surface area contributed by atoms with Gasteiger partial charge in [-0.3, -0.25) is 19.1 Å². The molecule has 8 nitrogen and oxygen atoms in total. The van der Waals surface area contributed by atoms with Crippen molar-refractivity contribution in [3.8, 4) is 5.75 Å². The van der Waals surface area contributed by atoms with Crippen LogP contribution in [0.15, 0.2) is 53.5 Å². The summed E-state index contributed by atoms with van der Waals surface area (Å²) < 4.78 is 56.3. The van der Waals surface area contributed by atoms with Crippen molar-refractivity contribution in [3.63, 3.8) is 0 Å². The van der Waals surface area contributed by atoms with Crippen molar-refractivity contribution < 1.29 is 32.2 Å². The monoisotopic (exact) mass is 555 g/mol. The fourth-order valence-corrected chi connectivity index (χ4v) is 5.45. The minimum Gasteiger partial charge on any atom is -0.451 e. The van der Waals surface area contributed by atoms with Crippen LogP contribution < -0.4 is 10.2 Å². The third kappa shape index (κ3) is 4.84. The molecule has 0 saturated carbocycles. The van der Waals surface area contributed by atoms with Gasteiger partial charge >= 0.3 is 5.97 Å². The second-order valence-corrected chi connectivity index (χ2v) is 10.9. The zero-order valence-corrected chi connectivity index (χ0v) is 22.2. The summed E-state index contributed by atoms with van der Waals surface area (Å²) in [6, 6.07) is 7.92. The Morgan fingerprint density at radius 1 is 1.12 bits per heavy atom. The summed E-state index contributed by atoms with van der Waals surface area (Å²) in [5.41, 5.74) is -1.47. The van der Waals surface area contributed by atoms with Gasteiger partial charge in [-0.05, 0) is 57.4 Å². The lowest BCUT2D eigenvalue weighted by Gasteiger charge is -2.42. The van der Waals surface area contributed by atoms with E-state index in [4.69, 9.17) is 9.47 Å². The standard InChI is InChI=1S/C29H28F3N3O5/c1-29(2,3)28(38)40-15-39-26-21(36)14-33-35-24(20-11-6-12-34(20)27(37)25(26)35)22(16-7-4-8-17(30)13-16)18-9-5-10-19(31)23(18)32/h4-5,7-10,13-14,20,22,24H,6,11-12,15H2,1-3H3/t20-,22-,24-/m1/s1. The molecule has 0 unspecified atom stereocenters. The number of carbonyl (C=O) groups is 2. The first-order chi connectivity index (χ1) is 19.0. The fourth-order valence-electron chi connectivity index (χ4n) is 5.45. The summed E-state index contributed by atoms with van der Waals surface area (Å²) in [6.07, 6.45) is 2.10. The summed E-state index contributed by atoms with van der Waals surface area (Å²) in [4.78, 5) is 40.3. The highest BCUT2D eigenvalue weighted by Gasteiger charge is 2.49. The third-order valence-electron chi connectivity index (χ3n) is 7.28. The van der Waals surface area contributed by atoms with Crippen molar-refractivity contribution in [2.45, 2.75) is 51.6 Å². The number of nitrogens with zero attached hydrogens (tertiary/aromatic N) is 3. The zero-order chi connectivity index (χ0) is 28.8. The highest BCUT2D eigenvalue weighted by atomic mass is 19.2. The maximum absolute atomic E-state index is 15.4. The van der Waals surface area contributed by atoms with E-state index in [1.165, 1.54) is 35.0 Å². The van der Waals surface area contributed by atoms with E-state index < -0.39 is 65.0 Å². The number of aromatic nitrogens is 2. The Labute approximate surface area is 228 Å². The van der Waals surface area contributed by atoms with Crippen LogP contribution in [-0.2, 0) is 9.53 Å². The molecule has 3 atom stereocenters. The van der Waals surface area contributed by atoms with Gasteiger partial charge in [-0.15, -0.1) is 0 Å². The first-order valence-electron chi connectivity index (χ1n) is 12.9. The average Bonchev–Trinajstić information content (AvgIpc) is 3.39. The van der Waals surface area contributed by atoms with Crippen LogP contribution >= 0.6 is 0 Å². The summed E-state index contributed by atoms with van der Waals surface area (Å²) in [5, 5.41) is 4.26. The van der Waals surface area contributed by atoms with Crippen LogP contribution in [-0.4, -0.2) is 45.9 Å². The van der Waals surface area contributed by atoms with Gasteiger partial charge < -0.3 is 14.4 Å². The third-order valence-corrected chi connectivity index (χ3v) is 7.28. The summed E-state index contributed by atoms with van der Waals surface area (Å²) in [6.45, 7) is 4.67. The molecule has 2 aromatic carbocycles. The van der Waals surface area contributed by atoms with Crippen LogP contribution in [0.25, 0.3) is 0 Å². The van der Waals surface area contributed by atoms with Gasteiger partial charge in [-0.1, -0.05) is 24.3 Å². The molecule has 0 spiro atoms. The first kappa shape index (κ1) is 27.4. The number of rotatable bonds is 6. The number of fused-ring (bicyclic) bond motifs is 2. The molecule has 40 heavy (non-hydrogen) atoms. The molecule has 0 bridgehead atoms. The van der Waals surface area contributed by atoms with Crippen LogP contribution in [0.1, 0.15) is 67.2 Å². The lowest BCUT2D eigenvalue weighted by molar-refractivity contribution is -0.159. The lowest BCUT2D eigenvalue weighted by atomic mass is 9.79. The summed E-state index contributed by atoms with van der Waals surface area (Å²) in [7, 11) is 0. The van der Waals surface area contributed by atoms with Crippen LogP contribution in [0, 0.1) is 22.9 Å². The maximum atomic E-state index is 15.4. The Morgan fingerprint density at radius 3 is 2.60 bits per heavy atom. The van der Waals surface area contributed by atoms with Crippen molar-refractivity contribution >= 4 is 11.9 Å². The van der Waals surface area contributed by atoms with Gasteiger partial charge in [0.05, 0.1) is 23.7 Å². The van der Waals surface area contributed by atoms with E-state index in [1.807, 2.05) is 0 Å². The van der Waals surface area contributed by atoms with E-state index in [0.29, 0.717) is 24.9 Å². The minimum absolute atomic E-state index is 0.0511. The Bertz CT molecular complexity index is 1530. The van der Waals surface area contributed by atoms with E-state index in [9.17, 15) is 23.2 Å². The molecule has 2 aliphatic rings. The highest BCUT2D eigenvalue weighted by molar-refractivity contribution is 5.96. The van der Waals surface area contributed by atoms with E-state index in [0.717, 1.165) is 12.3 Å². The molecule has 1 saturated heterocycles. The number of halogens is 3. The Balaban J connectivity index is 1.68. The van der Waals surface area contributed by atoms with E-state index >= 15 is 4.39 Å². The number of ether oxygens (including phenoxy) is 2. The molecular formula is C29H28F3N3O5. The first-order valence-corrected chi connectivity index (χ1v) is 12.9. The zero-order valence-electron chi connectivity index (χ0n) is 22.2. The largest absolute Gasteiger partial charge is 0.451 e. The molecule has 11 heteroatoms. The van der Waals surface area contributed by atoms with Gasteiger partial charge in [0.15, 0.2) is 17.3 Å². The fraction of sp³-hybridized carbons (Fsp3) is 0.379. The van der Waals surface area contributed by atoms with Crippen molar-refractivity contribution in [1.29, 1.82) is 0 Å². The number of hydrogen-bond donors (Lipinski definition) is 0. The lowest BCUT2D eigenvalue weighted by Crippen LogP contribution is -2.51. The van der Waals surface area contributed by atoms with Gasteiger partial charge in [-0.25, -0.2) is 13.2 Å². The summed E-state index contributed by atoms with van der Waals surface area (Å²) in [5.74, 6) is -5.24. The Hall–Kier alpha value is -4.15. The van der Waals surface area contributed by atoms with Crippen LogP contribution in [0.4, 0.5) is 13.2 Å². The SMILES string of the molecule is CC(C)(C)C(=O)OCOc1c2n(ncc1=O)[C@@H]([C@H](c1cccc(F)c1)c1cccc(F)c1F)[C@H]1CCCN1C2=O. The van der Waals surface area contributed by atoms with Crippen molar-refractivity contribution in [2.75, 3.05) is 13.3 Å². The number of amides is 1. The van der Waals surface area contributed by atoms with E-state index in [1.54, 1.807) is 31.7 Å². The maximum Gasteiger partial charge on any atom is 0.314 e. The molecule has 0 radical (unpaired) electrons. The van der Waals surface area contributed by atoms with Crippen LogP contribution in [0.2, 0.25) is 0 Å². The molecule has 1 fully saturated rings. The highest BCUT2D eigenvalue weighted by Crippen LogP contribution is 2.46. The average molecular weight is 556 g/mol. The number of carbonyl (C=O) groups excluding carboxylic acids is 2. The summed E-state index contributed by atoms with van der Waals surface area (Å²) >= 11 is 0. The van der Waals surface area contributed by atoms with Crippen molar-refractivity contribution in [3.05, 3.63) is 93.2 Å². The van der Waals surface area contributed by atoms with E-state index in [2.05, 4.69) is 5.10 Å². The van der Waals surface area contributed by atoms with Gasteiger partial charge in [0.1, 0.15) is 5.82 Å². The number of esters is 1. The molecule has 5 rings (SSSR count). The molecule has 210 valence electrons. The van der Waals surface area contributed by atoms with Crippen molar-refractivity contribution in [1.82, 2.24) is 14.7 Å².